The predicted molar refractivity (Wildman–Crippen MR) is 95.7 cm³/mol. The molecule has 0 atom stereocenters. The third-order valence-electron chi connectivity index (χ3n) is 5.44. The van der Waals surface area contributed by atoms with E-state index in [0.29, 0.717) is 5.69 Å². The van der Waals surface area contributed by atoms with Crippen molar-refractivity contribution in [2.45, 2.75) is 19.3 Å². The molecule has 2 fully saturated rings. The van der Waals surface area contributed by atoms with Crippen molar-refractivity contribution in [3.05, 3.63) is 36.3 Å². The second-order valence-electron chi connectivity index (χ2n) is 7.07. The SMILES string of the molecule is O=C(c1cn2ccccc2n1)N1CCC(CCN2CCOCC2)CC1. The van der Waals surface area contributed by atoms with Gasteiger partial charge in [0.05, 0.1) is 13.2 Å². The van der Waals surface area contributed by atoms with Gasteiger partial charge in [0.1, 0.15) is 11.3 Å². The minimum atomic E-state index is 0.0651. The summed E-state index contributed by atoms with van der Waals surface area (Å²) in [4.78, 5) is 21.6. The first-order valence-electron chi connectivity index (χ1n) is 9.33. The van der Waals surface area contributed by atoms with Crippen LogP contribution < -0.4 is 0 Å². The predicted octanol–water partition coefficient (Wildman–Crippen LogP) is 1.91. The molecular weight excluding hydrogens is 316 g/mol. The Morgan fingerprint density at radius 2 is 1.96 bits per heavy atom. The maximum atomic E-state index is 12.7. The number of nitrogens with zero attached hydrogens (tertiary/aromatic N) is 4. The van der Waals surface area contributed by atoms with Crippen molar-refractivity contribution in [1.82, 2.24) is 19.2 Å². The number of rotatable bonds is 4. The second kappa shape index (κ2) is 7.54. The highest BCUT2D eigenvalue weighted by atomic mass is 16.5. The van der Waals surface area contributed by atoms with E-state index in [1.807, 2.05) is 39.9 Å². The van der Waals surface area contributed by atoms with Crippen molar-refractivity contribution in [3.8, 4) is 0 Å². The number of hydrogen-bond acceptors (Lipinski definition) is 4. The number of hydrogen-bond donors (Lipinski definition) is 0. The molecule has 2 aromatic heterocycles. The molecule has 1 amide bonds. The number of pyridine rings is 1. The number of carbonyl (C=O) groups is 1. The molecule has 4 heterocycles. The van der Waals surface area contributed by atoms with Crippen LogP contribution in [0, 0.1) is 5.92 Å². The molecule has 6 nitrogen and oxygen atoms in total. The van der Waals surface area contributed by atoms with Crippen LogP contribution in [-0.2, 0) is 4.74 Å². The molecule has 0 saturated carbocycles. The number of imidazole rings is 1. The van der Waals surface area contributed by atoms with Crippen molar-refractivity contribution in [3.63, 3.8) is 0 Å². The van der Waals surface area contributed by atoms with E-state index in [2.05, 4.69) is 9.88 Å². The number of amides is 1. The lowest BCUT2D eigenvalue weighted by Gasteiger charge is -2.33. The second-order valence-corrected chi connectivity index (χ2v) is 7.07. The quantitative estimate of drug-likeness (QED) is 0.852. The molecule has 6 heteroatoms. The fourth-order valence-corrected chi connectivity index (χ4v) is 3.81. The van der Waals surface area contributed by atoms with Gasteiger partial charge in [-0.25, -0.2) is 4.98 Å². The summed E-state index contributed by atoms with van der Waals surface area (Å²) in [6.45, 7) is 6.71. The summed E-state index contributed by atoms with van der Waals surface area (Å²) in [6, 6.07) is 5.81. The van der Waals surface area contributed by atoms with Crippen molar-refractivity contribution in [1.29, 1.82) is 0 Å². The van der Waals surface area contributed by atoms with Crippen molar-refractivity contribution >= 4 is 11.6 Å². The van der Waals surface area contributed by atoms with Gasteiger partial charge in [-0.15, -0.1) is 0 Å². The van der Waals surface area contributed by atoms with Crippen LogP contribution >= 0.6 is 0 Å². The Kier molecular flexibility index (Phi) is 4.99. The molecule has 0 radical (unpaired) electrons. The standard InChI is InChI=1S/C19H26N4O2/c24-19(17-15-23-7-2-1-3-18(23)20-17)22-9-5-16(6-10-22)4-8-21-11-13-25-14-12-21/h1-3,7,15-16H,4-6,8-14H2. The molecule has 2 aliphatic rings. The van der Waals surface area contributed by atoms with Gasteiger partial charge in [0.15, 0.2) is 0 Å². The van der Waals surface area contributed by atoms with E-state index in [1.165, 1.54) is 6.42 Å². The summed E-state index contributed by atoms with van der Waals surface area (Å²) < 4.78 is 7.31. The Hall–Kier alpha value is -1.92. The molecule has 0 aromatic carbocycles. The zero-order valence-electron chi connectivity index (χ0n) is 14.6. The first-order chi connectivity index (χ1) is 12.3. The van der Waals surface area contributed by atoms with Gasteiger partial charge in [-0.2, -0.15) is 0 Å². The molecular formula is C19H26N4O2. The Balaban J connectivity index is 1.28. The van der Waals surface area contributed by atoms with E-state index in [-0.39, 0.29) is 5.91 Å². The van der Waals surface area contributed by atoms with Gasteiger partial charge in [0, 0.05) is 38.6 Å². The van der Waals surface area contributed by atoms with Crippen LogP contribution in [0.25, 0.3) is 5.65 Å². The van der Waals surface area contributed by atoms with Crippen molar-refractivity contribution < 1.29 is 9.53 Å². The van der Waals surface area contributed by atoms with Crippen LogP contribution in [0.4, 0.5) is 0 Å². The average Bonchev–Trinajstić information content (AvgIpc) is 3.11. The zero-order valence-corrected chi connectivity index (χ0v) is 14.6. The van der Waals surface area contributed by atoms with Gasteiger partial charge < -0.3 is 14.0 Å². The number of aromatic nitrogens is 2. The smallest absolute Gasteiger partial charge is 0.274 e. The first-order valence-corrected chi connectivity index (χ1v) is 9.33. The van der Waals surface area contributed by atoms with Crippen molar-refractivity contribution in [2.24, 2.45) is 5.92 Å². The molecule has 0 spiro atoms. The van der Waals surface area contributed by atoms with Gasteiger partial charge in [-0.05, 0) is 43.9 Å². The Morgan fingerprint density at radius 3 is 2.72 bits per heavy atom. The average molecular weight is 342 g/mol. The van der Waals surface area contributed by atoms with Crippen LogP contribution in [0.5, 0.6) is 0 Å². The molecule has 134 valence electrons. The molecule has 0 unspecified atom stereocenters. The van der Waals surface area contributed by atoms with Crippen LogP contribution in [0.1, 0.15) is 29.8 Å². The normalized spacial score (nSPS) is 20.2. The van der Waals surface area contributed by atoms with Gasteiger partial charge in [0.2, 0.25) is 0 Å². The van der Waals surface area contributed by atoms with E-state index >= 15 is 0 Å². The largest absolute Gasteiger partial charge is 0.379 e. The van der Waals surface area contributed by atoms with E-state index in [4.69, 9.17) is 4.74 Å². The van der Waals surface area contributed by atoms with Crippen LogP contribution in [0.3, 0.4) is 0 Å². The van der Waals surface area contributed by atoms with Gasteiger partial charge in [-0.3, -0.25) is 9.69 Å². The third kappa shape index (κ3) is 3.85. The van der Waals surface area contributed by atoms with Gasteiger partial charge in [0.25, 0.3) is 5.91 Å². The topological polar surface area (TPSA) is 50.1 Å². The summed E-state index contributed by atoms with van der Waals surface area (Å²) >= 11 is 0. The van der Waals surface area contributed by atoms with E-state index < -0.39 is 0 Å². The van der Waals surface area contributed by atoms with Crippen LogP contribution in [0.15, 0.2) is 30.6 Å². The number of carbonyl (C=O) groups excluding carboxylic acids is 1. The fraction of sp³-hybridized carbons (Fsp3) is 0.579. The van der Waals surface area contributed by atoms with Gasteiger partial charge >= 0.3 is 0 Å². The Bertz CT molecular complexity index is 682. The fourth-order valence-electron chi connectivity index (χ4n) is 3.81. The molecule has 4 rings (SSSR count). The Morgan fingerprint density at radius 1 is 1.16 bits per heavy atom. The van der Waals surface area contributed by atoms with Crippen molar-refractivity contribution in [2.75, 3.05) is 45.9 Å². The highest BCUT2D eigenvalue weighted by Gasteiger charge is 2.25. The Labute approximate surface area is 148 Å². The molecule has 2 aromatic rings. The highest BCUT2D eigenvalue weighted by Crippen LogP contribution is 2.22. The lowest BCUT2D eigenvalue weighted by molar-refractivity contribution is 0.0332. The summed E-state index contributed by atoms with van der Waals surface area (Å²) in [5, 5.41) is 0. The zero-order chi connectivity index (χ0) is 17.1. The third-order valence-corrected chi connectivity index (χ3v) is 5.44. The lowest BCUT2D eigenvalue weighted by Crippen LogP contribution is -2.41. The number of morpholine rings is 1. The van der Waals surface area contributed by atoms with E-state index in [9.17, 15) is 4.79 Å². The summed E-state index contributed by atoms with van der Waals surface area (Å²) in [6.07, 6.45) is 7.20. The molecule has 2 saturated heterocycles. The van der Waals surface area contributed by atoms with Crippen LogP contribution in [0.2, 0.25) is 0 Å². The van der Waals surface area contributed by atoms with Gasteiger partial charge in [-0.1, -0.05) is 6.07 Å². The molecule has 0 aliphatic carbocycles. The maximum absolute atomic E-state index is 12.7. The number of likely N-dealkylation sites (tertiary alicyclic amines) is 1. The summed E-state index contributed by atoms with van der Waals surface area (Å²) in [5.41, 5.74) is 1.38. The number of ether oxygens (including phenoxy) is 1. The minimum absolute atomic E-state index is 0.0651. The number of fused-ring (bicyclic) bond motifs is 1. The number of piperidine rings is 1. The molecule has 0 bridgehead atoms. The molecule has 2 aliphatic heterocycles. The molecule has 25 heavy (non-hydrogen) atoms. The van der Waals surface area contributed by atoms with E-state index in [1.54, 1.807) is 0 Å². The lowest BCUT2D eigenvalue weighted by atomic mass is 9.93. The summed E-state index contributed by atoms with van der Waals surface area (Å²) in [5.74, 6) is 0.795. The van der Waals surface area contributed by atoms with Crippen LogP contribution in [-0.4, -0.2) is 71.0 Å². The minimum Gasteiger partial charge on any atom is -0.379 e. The monoisotopic (exact) mass is 342 g/mol. The first kappa shape index (κ1) is 16.5. The van der Waals surface area contributed by atoms with E-state index in [0.717, 1.165) is 70.3 Å². The highest BCUT2D eigenvalue weighted by molar-refractivity contribution is 5.93. The molecule has 0 N–H and O–H groups in total. The maximum Gasteiger partial charge on any atom is 0.274 e. The summed E-state index contributed by atoms with van der Waals surface area (Å²) in [7, 11) is 0.